The summed E-state index contributed by atoms with van der Waals surface area (Å²) in [6, 6.07) is 0. The predicted molar refractivity (Wildman–Crippen MR) is 116 cm³/mol. The van der Waals surface area contributed by atoms with Crippen molar-refractivity contribution in [1.82, 2.24) is 9.55 Å². The van der Waals surface area contributed by atoms with Crippen molar-refractivity contribution in [1.29, 1.82) is 0 Å². The Morgan fingerprint density at radius 2 is 2.14 bits per heavy atom. The zero-order valence-corrected chi connectivity index (χ0v) is 18.9. The van der Waals surface area contributed by atoms with Crippen LogP contribution in [0.4, 0.5) is 0 Å². The first-order valence-corrected chi connectivity index (χ1v) is 11.3. The van der Waals surface area contributed by atoms with Crippen LogP contribution in [0.3, 0.4) is 0 Å². The highest BCUT2D eigenvalue weighted by molar-refractivity contribution is 7.99. The van der Waals surface area contributed by atoms with Crippen LogP contribution in [0.25, 0.3) is 10.2 Å². The lowest BCUT2D eigenvalue weighted by Gasteiger charge is -2.33. The lowest BCUT2D eigenvalue weighted by molar-refractivity contribution is -0.137. The third-order valence-corrected chi connectivity index (χ3v) is 7.43. The van der Waals surface area contributed by atoms with Gasteiger partial charge in [0.05, 0.1) is 18.2 Å². The zero-order valence-electron chi connectivity index (χ0n) is 17.3. The second-order valence-corrected chi connectivity index (χ2v) is 10.6. The van der Waals surface area contributed by atoms with Crippen LogP contribution in [-0.4, -0.2) is 28.4 Å². The van der Waals surface area contributed by atoms with Crippen molar-refractivity contribution in [2.24, 2.45) is 11.3 Å². The Morgan fingerprint density at radius 3 is 2.75 bits per heavy atom. The monoisotopic (exact) mass is 420 g/mol. The molecular weight excluding hydrogens is 392 g/mol. The number of fused-ring (bicyclic) bond motifs is 3. The van der Waals surface area contributed by atoms with Crippen LogP contribution >= 0.6 is 23.1 Å². The summed E-state index contributed by atoms with van der Waals surface area (Å²) in [5.74, 6) is 0.403. The number of carbonyl (C=O) groups excluding carboxylic acids is 1. The van der Waals surface area contributed by atoms with Crippen molar-refractivity contribution in [2.45, 2.75) is 58.7 Å². The molecule has 0 aromatic carbocycles. The van der Waals surface area contributed by atoms with Crippen molar-refractivity contribution < 1.29 is 9.53 Å². The van der Waals surface area contributed by atoms with Gasteiger partial charge in [-0.2, -0.15) is 0 Å². The fourth-order valence-electron chi connectivity index (χ4n) is 3.68. The topological polar surface area (TPSA) is 61.2 Å². The molecule has 28 heavy (non-hydrogen) atoms. The summed E-state index contributed by atoms with van der Waals surface area (Å²) >= 11 is 2.88. The molecule has 0 spiro atoms. The van der Waals surface area contributed by atoms with Gasteiger partial charge in [-0.3, -0.25) is 14.2 Å². The van der Waals surface area contributed by atoms with E-state index in [0.717, 1.165) is 35.1 Å². The molecule has 1 aliphatic carbocycles. The molecule has 2 aromatic rings. The zero-order chi connectivity index (χ0) is 20.6. The number of thiophene rings is 1. The van der Waals surface area contributed by atoms with E-state index >= 15 is 0 Å². The van der Waals surface area contributed by atoms with Crippen LogP contribution in [0.15, 0.2) is 22.1 Å². The summed E-state index contributed by atoms with van der Waals surface area (Å²) in [4.78, 5) is 31.8. The summed E-state index contributed by atoms with van der Waals surface area (Å²) in [6.45, 7) is 13.1. The van der Waals surface area contributed by atoms with Crippen LogP contribution in [-0.2, 0) is 28.9 Å². The second kappa shape index (κ2) is 8.03. The van der Waals surface area contributed by atoms with Crippen LogP contribution in [0.5, 0.6) is 0 Å². The Balaban J connectivity index is 2.09. The van der Waals surface area contributed by atoms with Crippen molar-refractivity contribution >= 4 is 39.3 Å². The minimum absolute atomic E-state index is 0.0212. The largest absolute Gasteiger partial charge is 0.468 e. The fourth-order valence-corrected chi connectivity index (χ4v) is 5.85. The van der Waals surface area contributed by atoms with E-state index in [1.54, 1.807) is 15.9 Å². The number of esters is 1. The molecule has 5 nitrogen and oxygen atoms in total. The summed E-state index contributed by atoms with van der Waals surface area (Å²) in [7, 11) is 1.36. The van der Waals surface area contributed by atoms with Gasteiger partial charge in [-0.05, 0) is 43.1 Å². The molecule has 2 heterocycles. The number of rotatable bonds is 5. The van der Waals surface area contributed by atoms with Crippen molar-refractivity contribution in [3.8, 4) is 0 Å². The first-order valence-electron chi connectivity index (χ1n) is 9.51. The average molecular weight is 421 g/mol. The molecule has 0 N–H and O–H groups in total. The Kier molecular flexibility index (Phi) is 6.05. The van der Waals surface area contributed by atoms with Gasteiger partial charge >= 0.3 is 5.97 Å². The Labute approximate surface area is 174 Å². The third kappa shape index (κ3) is 4.20. The van der Waals surface area contributed by atoms with Crippen LogP contribution in [0, 0.1) is 11.3 Å². The van der Waals surface area contributed by atoms with Crippen LogP contribution in [0.2, 0.25) is 0 Å². The smallest absolute Gasteiger partial charge is 0.316 e. The van der Waals surface area contributed by atoms with E-state index < -0.39 is 0 Å². The molecule has 1 aliphatic rings. The van der Waals surface area contributed by atoms with E-state index in [9.17, 15) is 9.59 Å². The SMILES string of the molecule is C=C(C)Cn1c(SCC(=O)OC)nc2sc3c(c2c1=O)CC[C@@H](C(C)(C)C)C3. The van der Waals surface area contributed by atoms with Gasteiger partial charge in [-0.25, -0.2) is 4.98 Å². The Bertz CT molecular complexity index is 982. The van der Waals surface area contributed by atoms with Gasteiger partial charge in [-0.1, -0.05) is 44.7 Å². The molecule has 0 amide bonds. The van der Waals surface area contributed by atoms with Gasteiger partial charge in [0.2, 0.25) is 0 Å². The molecule has 0 unspecified atom stereocenters. The van der Waals surface area contributed by atoms with Crippen molar-refractivity contribution in [2.75, 3.05) is 12.9 Å². The summed E-state index contributed by atoms with van der Waals surface area (Å²) in [5.41, 5.74) is 2.29. The van der Waals surface area contributed by atoms with Crippen molar-refractivity contribution in [3.05, 3.63) is 32.9 Å². The molecule has 0 saturated heterocycles. The van der Waals surface area contributed by atoms with Crippen molar-refractivity contribution in [3.63, 3.8) is 0 Å². The molecule has 0 bridgehead atoms. The molecule has 3 rings (SSSR count). The maximum absolute atomic E-state index is 13.4. The normalized spacial score (nSPS) is 16.8. The lowest BCUT2D eigenvalue weighted by Crippen LogP contribution is -2.27. The maximum atomic E-state index is 13.4. The minimum Gasteiger partial charge on any atom is -0.468 e. The molecule has 0 aliphatic heterocycles. The first-order chi connectivity index (χ1) is 13.1. The van der Waals surface area contributed by atoms with Crippen LogP contribution < -0.4 is 5.56 Å². The first kappa shape index (κ1) is 21.1. The molecule has 152 valence electrons. The average Bonchev–Trinajstić information content (AvgIpc) is 2.98. The van der Waals surface area contributed by atoms with Crippen LogP contribution in [0.1, 0.15) is 44.6 Å². The molecule has 7 heteroatoms. The molecule has 2 aromatic heterocycles. The highest BCUT2D eigenvalue weighted by atomic mass is 32.2. The highest BCUT2D eigenvalue weighted by Crippen LogP contribution is 2.42. The van der Waals surface area contributed by atoms with Gasteiger partial charge < -0.3 is 4.74 Å². The van der Waals surface area contributed by atoms with E-state index in [2.05, 4.69) is 27.4 Å². The van der Waals surface area contributed by atoms with Gasteiger partial charge in [0.25, 0.3) is 5.56 Å². The van der Waals surface area contributed by atoms with Gasteiger partial charge in [0.15, 0.2) is 5.16 Å². The summed E-state index contributed by atoms with van der Waals surface area (Å²) in [5, 5.41) is 1.31. The van der Waals surface area contributed by atoms with E-state index in [1.165, 1.54) is 29.3 Å². The highest BCUT2D eigenvalue weighted by Gasteiger charge is 2.32. The number of hydrogen-bond donors (Lipinski definition) is 0. The van der Waals surface area contributed by atoms with E-state index in [4.69, 9.17) is 9.72 Å². The number of methoxy groups -OCH3 is 1. The fraction of sp³-hybridized carbons (Fsp3) is 0.571. The number of carbonyl (C=O) groups is 1. The Morgan fingerprint density at radius 1 is 1.43 bits per heavy atom. The summed E-state index contributed by atoms with van der Waals surface area (Å²) < 4.78 is 6.38. The number of hydrogen-bond acceptors (Lipinski definition) is 6. The number of aromatic nitrogens is 2. The standard InChI is InChI=1S/C21H28N2O3S2/c1-12(2)10-23-19(25)17-14-8-7-13(21(3,4)5)9-15(14)28-18(17)22-20(23)27-11-16(24)26-6/h13H,1,7-11H2,2-6H3/t13-/m1/s1. The number of aryl methyl sites for hydroxylation is 1. The van der Waals surface area contributed by atoms with E-state index in [-0.39, 0.29) is 22.7 Å². The van der Waals surface area contributed by atoms with E-state index in [0.29, 0.717) is 17.6 Å². The molecular formula is C21H28N2O3S2. The molecule has 1 atom stereocenters. The van der Waals surface area contributed by atoms with Gasteiger partial charge in [0, 0.05) is 11.4 Å². The lowest BCUT2D eigenvalue weighted by atomic mass is 9.72. The van der Waals surface area contributed by atoms with Gasteiger partial charge in [0.1, 0.15) is 4.83 Å². The molecule has 0 radical (unpaired) electrons. The quantitative estimate of drug-likeness (QED) is 0.309. The third-order valence-electron chi connectivity index (χ3n) is 5.33. The number of ether oxygens (including phenoxy) is 1. The molecule has 0 fully saturated rings. The molecule has 0 saturated carbocycles. The number of nitrogens with zero attached hydrogens (tertiary/aromatic N) is 2. The van der Waals surface area contributed by atoms with Gasteiger partial charge in [-0.15, -0.1) is 11.3 Å². The minimum atomic E-state index is -0.334. The Hall–Kier alpha value is -1.60. The number of thioether (sulfide) groups is 1. The van der Waals surface area contributed by atoms with E-state index in [1.807, 2.05) is 6.92 Å². The number of allylic oxidation sites excluding steroid dienone is 1. The summed E-state index contributed by atoms with van der Waals surface area (Å²) in [6.07, 6.45) is 3.03. The second-order valence-electron chi connectivity index (χ2n) is 8.60. The maximum Gasteiger partial charge on any atom is 0.316 e. The predicted octanol–water partition coefficient (Wildman–Crippen LogP) is 4.45.